The molecule has 1 saturated heterocycles. The van der Waals surface area contributed by atoms with Crippen LogP contribution in [0.5, 0.6) is 0 Å². The first kappa shape index (κ1) is 15.6. The molecule has 0 atom stereocenters. The van der Waals surface area contributed by atoms with Gasteiger partial charge in [-0.2, -0.15) is 0 Å². The second-order valence-corrected chi connectivity index (χ2v) is 6.68. The number of rotatable bonds is 4. The van der Waals surface area contributed by atoms with E-state index in [2.05, 4.69) is 57.3 Å². The van der Waals surface area contributed by atoms with Gasteiger partial charge in [-0.3, -0.25) is 0 Å². The molecule has 0 radical (unpaired) electrons. The molecule has 0 saturated carbocycles. The smallest absolute Gasteiger partial charge is 0.213 e. The summed E-state index contributed by atoms with van der Waals surface area (Å²) in [6.07, 6.45) is 5.46. The summed E-state index contributed by atoms with van der Waals surface area (Å²) in [6.45, 7) is 1.79. The molecule has 0 bridgehead atoms. The Kier molecular flexibility index (Phi) is 4.22. The number of aromatic nitrogens is 2. The van der Waals surface area contributed by atoms with Gasteiger partial charge in [-0.1, -0.05) is 52.3 Å². The van der Waals surface area contributed by atoms with Crippen molar-refractivity contribution in [1.29, 1.82) is 0 Å². The summed E-state index contributed by atoms with van der Waals surface area (Å²) in [6, 6.07) is 16.7. The van der Waals surface area contributed by atoms with Crippen molar-refractivity contribution in [2.45, 2.75) is 12.3 Å². The molecule has 4 rings (SSSR count). The standard InChI is InChI=1S/C19H17BrN2O2/c20-18-7-3-16(4-8-18)15-1-5-17(6-2-15)19(23-11-12-24-19)13-22-10-9-21-14-22/h1-10,14H,11-13H2. The molecular weight excluding hydrogens is 368 g/mol. The van der Waals surface area contributed by atoms with Crippen LogP contribution in [0.3, 0.4) is 0 Å². The molecule has 0 amide bonds. The number of imidazole rings is 1. The van der Waals surface area contributed by atoms with Gasteiger partial charge < -0.3 is 14.0 Å². The van der Waals surface area contributed by atoms with Crippen LogP contribution in [-0.4, -0.2) is 22.8 Å². The van der Waals surface area contributed by atoms with E-state index in [-0.39, 0.29) is 0 Å². The summed E-state index contributed by atoms with van der Waals surface area (Å²) < 4.78 is 15.0. The molecule has 2 heterocycles. The maximum Gasteiger partial charge on any atom is 0.213 e. The first-order valence-corrected chi connectivity index (χ1v) is 8.65. The third-order valence-corrected chi connectivity index (χ3v) is 4.73. The van der Waals surface area contributed by atoms with E-state index in [0.29, 0.717) is 19.8 Å². The molecule has 1 aromatic heterocycles. The van der Waals surface area contributed by atoms with Crippen LogP contribution in [-0.2, 0) is 21.8 Å². The van der Waals surface area contributed by atoms with E-state index in [9.17, 15) is 0 Å². The molecule has 2 aromatic carbocycles. The Bertz CT molecular complexity index is 792. The summed E-state index contributed by atoms with van der Waals surface area (Å²) in [4.78, 5) is 4.10. The van der Waals surface area contributed by atoms with E-state index in [0.717, 1.165) is 10.0 Å². The van der Waals surface area contributed by atoms with Crippen molar-refractivity contribution in [2.24, 2.45) is 0 Å². The van der Waals surface area contributed by atoms with Gasteiger partial charge in [0, 0.05) is 22.4 Å². The summed E-state index contributed by atoms with van der Waals surface area (Å²) in [5, 5.41) is 0. The Morgan fingerprint density at radius 1 is 0.958 bits per heavy atom. The predicted molar refractivity (Wildman–Crippen MR) is 95.4 cm³/mol. The molecule has 24 heavy (non-hydrogen) atoms. The summed E-state index contributed by atoms with van der Waals surface area (Å²) in [5.74, 6) is -0.737. The van der Waals surface area contributed by atoms with Gasteiger partial charge in [0.2, 0.25) is 5.79 Å². The number of hydrogen-bond acceptors (Lipinski definition) is 3. The van der Waals surface area contributed by atoms with Crippen molar-refractivity contribution < 1.29 is 9.47 Å². The molecule has 5 heteroatoms. The highest BCUT2D eigenvalue weighted by Gasteiger charge is 2.39. The van der Waals surface area contributed by atoms with Crippen molar-refractivity contribution in [3.8, 4) is 11.1 Å². The van der Waals surface area contributed by atoms with Crippen molar-refractivity contribution in [3.63, 3.8) is 0 Å². The van der Waals surface area contributed by atoms with Gasteiger partial charge in [-0.15, -0.1) is 0 Å². The molecule has 4 nitrogen and oxygen atoms in total. The van der Waals surface area contributed by atoms with Crippen molar-refractivity contribution in [3.05, 3.63) is 77.3 Å². The largest absolute Gasteiger partial charge is 0.342 e. The second kappa shape index (κ2) is 6.51. The van der Waals surface area contributed by atoms with Crippen LogP contribution in [0.15, 0.2) is 71.7 Å². The van der Waals surface area contributed by atoms with Gasteiger partial charge in [-0.25, -0.2) is 4.98 Å². The molecule has 1 aliphatic heterocycles. The number of hydrogen-bond donors (Lipinski definition) is 0. The zero-order valence-corrected chi connectivity index (χ0v) is 14.6. The minimum absolute atomic E-state index is 0.588. The van der Waals surface area contributed by atoms with E-state index in [1.165, 1.54) is 11.1 Å². The molecule has 0 unspecified atom stereocenters. The van der Waals surface area contributed by atoms with Crippen LogP contribution < -0.4 is 0 Å². The third-order valence-electron chi connectivity index (χ3n) is 4.21. The first-order chi connectivity index (χ1) is 11.8. The molecule has 1 aliphatic rings. The summed E-state index contributed by atoms with van der Waals surface area (Å²) in [5.41, 5.74) is 3.37. The molecule has 0 spiro atoms. The van der Waals surface area contributed by atoms with Gasteiger partial charge in [0.25, 0.3) is 0 Å². The topological polar surface area (TPSA) is 36.3 Å². The minimum atomic E-state index is -0.737. The third kappa shape index (κ3) is 3.02. The fourth-order valence-corrected chi connectivity index (χ4v) is 3.25. The molecule has 1 fully saturated rings. The van der Waals surface area contributed by atoms with Crippen LogP contribution in [0.1, 0.15) is 5.56 Å². The lowest BCUT2D eigenvalue weighted by molar-refractivity contribution is -0.176. The highest BCUT2D eigenvalue weighted by atomic mass is 79.9. The minimum Gasteiger partial charge on any atom is -0.342 e. The second-order valence-electron chi connectivity index (χ2n) is 5.77. The van der Waals surface area contributed by atoms with E-state index in [1.54, 1.807) is 12.5 Å². The van der Waals surface area contributed by atoms with E-state index >= 15 is 0 Å². The Hall–Kier alpha value is -1.95. The average molecular weight is 385 g/mol. The Morgan fingerprint density at radius 3 is 2.17 bits per heavy atom. The van der Waals surface area contributed by atoms with Crippen molar-refractivity contribution >= 4 is 15.9 Å². The summed E-state index contributed by atoms with van der Waals surface area (Å²) in [7, 11) is 0. The van der Waals surface area contributed by atoms with Crippen LogP contribution in [0.4, 0.5) is 0 Å². The average Bonchev–Trinajstić information content (AvgIpc) is 3.29. The normalized spacial score (nSPS) is 16.4. The van der Waals surface area contributed by atoms with Crippen LogP contribution in [0.2, 0.25) is 0 Å². The van der Waals surface area contributed by atoms with Crippen LogP contribution >= 0.6 is 15.9 Å². The van der Waals surface area contributed by atoms with Gasteiger partial charge in [0.05, 0.1) is 26.1 Å². The number of halogens is 1. The van der Waals surface area contributed by atoms with E-state index in [4.69, 9.17) is 9.47 Å². The Balaban J connectivity index is 1.63. The fraction of sp³-hybridized carbons (Fsp3) is 0.211. The fourth-order valence-electron chi connectivity index (χ4n) is 2.98. The molecule has 0 aliphatic carbocycles. The van der Waals surface area contributed by atoms with Gasteiger partial charge in [0.15, 0.2) is 0 Å². The van der Waals surface area contributed by atoms with Crippen LogP contribution in [0, 0.1) is 0 Å². The first-order valence-electron chi connectivity index (χ1n) is 7.85. The number of benzene rings is 2. The highest BCUT2D eigenvalue weighted by molar-refractivity contribution is 9.10. The lowest BCUT2D eigenvalue weighted by Crippen LogP contribution is -2.32. The molecule has 3 aromatic rings. The van der Waals surface area contributed by atoms with Crippen LogP contribution in [0.25, 0.3) is 11.1 Å². The maximum absolute atomic E-state index is 5.98. The monoisotopic (exact) mass is 384 g/mol. The maximum atomic E-state index is 5.98. The Morgan fingerprint density at radius 2 is 1.58 bits per heavy atom. The molecule has 122 valence electrons. The zero-order chi connectivity index (χ0) is 16.4. The molecule has 0 N–H and O–H groups in total. The van der Waals surface area contributed by atoms with E-state index in [1.807, 2.05) is 22.9 Å². The quantitative estimate of drug-likeness (QED) is 0.675. The lowest BCUT2D eigenvalue weighted by atomic mass is 10.00. The van der Waals surface area contributed by atoms with Crippen molar-refractivity contribution in [2.75, 3.05) is 13.2 Å². The van der Waals surface area contributed by atoms with Crippen molar-refractivity contribution in [1.82, 2.24) is 9.55 Å². The van der Waals surface area contributed by atoms with Gasteiger partial charge in [-0.05, 0) is 23.3 Å². The predicted octanol–water partition coefficient (Wildman–Crippen LogP) is 4.21. The molecular formula is C19H17BrN2O2. The van der Waals surface area contributed by atoms with Gasteiger partial charge >= 0.3 is 0 Å². The highest BCUT2D eigenvalue weighted by Crippen LogP contribution is 2.34. The van der Waals surface area contributed by atoms with Gasteiger partial charge in [0.1, 0.15) is 0 Å². The Labute approximate surface area is 149 Å². The number of ether oxygens (including phenoxy) is 2. The summed E-state index contributed by atoms with van der Waals surface area (Å²) >= 11 is 3.47. The SMILES string of the molecule is Brc1ccc(-c2ccc(C3(Cn4ccnc4)OCCO3)cc2)cc1. The zero-order valence-electron chi connectivity index (χ0n) is 13.1. The lowest BCUT2D eigenvalue weighted by Gasteiger charge is -2.28. The van der Waals surface area contributed by atoms with E-state index < -0.39 is 5.79 Å². The number of nitrogens with zero attached hydrogens (tertiary/aromatic N) is 2.